The molecule has 2 atom stereocenters. The van der Waals surface area contributed by atoms with Crippen LogP contribution in [0.5, 0.6) is 0 Å². The van der Waals surface area contributed by atoms with Crippen molar-refractivity contribution >= 4 is 22.8 Å². The SMILES string of the molecule is CC#CCn1c(N2CCCC(N)C2)nc2c1c(=O)n(CC1=NC(C(F)(F)F)Cc3ccccc31)c(=O)n2C. The summed E-state index contributed by atoms with van der Waals surface area (Å²) in [4.78, 5) is 37.8. The predicted molar refractivity (Wildman–Crippen MR) is 139 cm³/mol. The van der Waals surface area contributed by atoms with E-state index in [1.165, 1.54) is 11.6 Å². The third kappa shape index (κ3) is 4.51. The van der Waals surface area contributed by atoms with Crippen molar-refractivity contribution in [1.29, 1.82) is 0 Å². The molecule has 0 bridgehead atoms. The number of aryl methyl sites for hydroxylation is 1. The molecule has 12 heteroatoms. The van der Waals surface area contributed by atoms with Crippen LogP contribution in [0.3, 0.4) is 0 Å². The van der Waals surface area contributed by atoms with Gasteiger partial charge in [-0.1, -0.05) is 30.2 Å². The van der Waals surface area contributed by atoms with Crippen LogP contribution in [0.2, 0.25) is 0 Å². The number of anilines is 1. The maximum atomic E-state index is 13.8. The first-order valence-corrected chi connectivity index (χ1v) is 12.4. The summed E-state index contributed by atoms with van der Waals surface area (Å²) < 4.78 is 44.9. The fourth-order valence-corrected chi connectivity index (χ4v) is 5.20. The van der Waals surface area contributed by atoms with Crippen molar-refractivity contribution < 1.29 is 13.2 Å². The highest BCUT2D eigenvalue weighted by Crippen LogP contribution is 2.31. The highest BCUT2D eigenvalue weighted by atomic mass is 19.4. The second-order valence-corrected chi connectivity index (χ2v) is 9.67. The number of imidazole rings is 1. The molecule has 1 aromatic carbocycles. The first kappa shape index (κ1) is 25.8. The number of hydrogen-bond acceptors (Lipinski definition) is 6. The van der Waals surface area contributed by atoms with Crippen LogP contribution in [0.15, 0.2) is 38.8 Å². The molecule has 2 aliphatic rings. The van der Waals surface area contributed by atoms with E-state index in [9.17, 15) is 22.8 Å². The van der Waals surface area contributed by atoms with Crippen molar-refractivity contribution in [2.24, 2.45) is 17.8 Å². The number of alkyl halides is 3. The molecule has 2 N–H and O–H groups in total. The fraction of sp³-hybridized carbons (Fsp3) is 0.462. The Hall–Kier alpha value is -3.85. The first-order chi connectivity index (χ1) is 18.1. The van der Waals surface area contributed by atoms with Crippen LogP contribution >= 0.6 is 0 Å². The second kappa shape index (κ2) is 9.79. The molecule has 2 unspecified atom stereocenters. The molecular formula is C26H28F3N7O2. The van der Waals surface area contributed by atoms with Gasteiger partial charge in [0.05, 0.1) is 18.8 Å². The topological polar surface area (TPSA) is 103 Å². The van der Waals surface area contributed by atoms with Crippen molar-refractivity contribution in [3.05, 3.63) is 56.2 Å². The molecule has 3 aromatic rings. The van der Waals surface area contributed by atoms with Crippen molar-refractivity contribution in [3.8, 4) is 11.8 Å². The van der Waals surface area contributed by atoms with Gasteiger partial charge in [0.1, 0.15) is 6.04 Å². The van der Waals surface area contributed by atoms with Gasteiger partial charge in [0.15, 0.2) is 11.2 Å². The summed E-state index contributed by atoms with van der Waals surface area (Å²) in [7, 11) is 1.49. The molecule has 2 aromatic heterocycles. The van der Waals surface area contributed by atoms with Gasteiger partial charge in [-0.15, -0.1) is 5.92 Å². The maximum absolute atomic E-state index is 13.8. The van der Waals surface area contributed by atoms with Crippen LogP contribution in [0.25, 0.3) is 11.2 Å². The van der Waals surface area contributed by atoms with E-state index in [2.05, 4.69) is 21.8 Å². The van der Waals surface area contributed by atoms with Crippen LogP contribution in [0, 0.1) is 11.8 Å². The number of aromatic nitrogens is 4. The van der Waals surface area contributed by atoms with Crippen LogP contribution in [-0.2, 0) is 26.6 Å². The molecule has 5 rings (SSSR count). The number of rotatable bonds is 4. The van der Waals surface area contributed by atoms with Crippen molar-refractivity contribution in [3.63, 3.8) is 0 Å². The number of halogens is 3. The van der Waals surface area contributed by atoms with Gasteiger partial charge in [-0.05, 0) is 25.3 Å². The summed E-state index contributed by atoms with van der Waals surface area (Å²) in [5.41, 5.74) is 6.17. The van der Waals surface area contributed by atoms with Gasteiger partial charge in [0.25, 0.3) is 5.56 Å². The van der Waals surface area contributed by atoms with E-state index in [4.69, 9.17) is 5.73 Å². The van der Waals surface area contributed by atoms with E-state index in [-0.39, 0.29) is 35.9 Å². The van der Waals surface area contributed by atoms with Crippen molar-refractivity contribution in [2.45, 2.75) is 57.5 Å². The molecule has 2 aliphatic heterocycles. The molecule has 0 saturated carbocycles. The Labute approximate surface area is 216 Å². The minimum Gasteiger partial charge on any atom is -0.341 e. The van der Waals surface area contributed by atoms with Gasteiger partial charge in [-0.3, -0.25) is 23.5 Å². The molecule has 1 saturated heterocycles. The van der Waals surface area contributed by atoms with Gasteiger partial charge < -0.3 is 10.6 Å². The molecule has 0 aliphatic carbocycles. The van der Waals surface area contributed by atoms with Gasteiger partial charge in [-0.2, -0.15) is 18.2 Å². The predicted octanol–water partition coefficient (Wildman–Crippen LogP) is 1.82. The van der Waals surface area contributed by atoms with E-state index < -0.39 is 30.0 Å². The zero-order valence-corrected chi connectivity index (χ0v) is 21.1. The Morgan fingerprint density at radius 2 is 1.95 bits per heavy atom. The molecule has 0 spiro atoms. The summed E-state index contributed by atoms with van der Waals surface area (Å²) in [5.74, 6) is 6.27. The highest BCUT2D eigenvalue weighted by Gasteiger charge is 2.42. The zero-order chi connectivity index (χ0) is 27.2. The minimum atomic E-state index is -4.56. The zero-order valence-electron chi connectivity index (χ0n) is 21.1. The molecule has 4 heterocycles. The van der Waals surface area contributed by atoms with Gasteiger partial charge in [0, 0.05) is 38.2 Å². The van der Waals surface area contributed by atoms with E-state index in [0.717, 1.165) is 17.4 Å². The average molecular weight is 528 g/mol. The lowest BCUT2D eigenvalue weighted by Crippen LogP contribution is -2.44. The lowest BCUT2D eigenvalue weighted by Gasteiger charge is -2.31. The number of nitrogens with zero attached hydrogens (tertiary/aromatic N) is 6. The van der Waals surface area contributed by atoms with Gasteiger partial charge in [0.2, 0.25) is 5.95 Å². The average Bonchev–Trinajstić information content (AvgIpc) is 3.27. The third-order valence-electron chi connectivity index (χ3n) is 7.11. The Balaban J connectivity index is 1.68. The Morgan fingerprint density at radius 1 is 1.18 bits per heavy atom. The van der Waals surface area contributed by atoms with Gasteiger partial charge >= 0.3 is 11.9 Å². The monoisotopic (exact) mass is 527 g/mol. The van der Waals surface area contributed by atoms with Crippen LogP contribution in [-0.4, -0.2) is 55.7 Å². The minimum absolute atomic E-state index is 0.0365. The number of benzene rings is 1. The number of nitrogens with two attached hydrogens (primary N) is 1. The normalized spacial score (nSPS) is 19.6. The summed E-state index contributed by atoms with van der Waals surface area (Å²) in [6, 6.07) is 4.62. The Kier molecular flexibility index (Phi) is 6.65. The quantitative estimate of drug-likeness (QED) is 0.522. The largest absolute Gasteiger partial charge is 0.411 e. The first-order valence-electron chi connectivity index (χ1n) is 12.4. The van der Waals surface area contributed by atoms with Gasteiger partial charge in [-0.25, -0.2) is 4.79 Å². The molecule has 38 heavy (non-hydrogen) atoms. The summed E-state index contributed by atoms with van der Waals surface area (Å²) in [5, 5.41) is 0. The third-order valence-corrected chi connectivity index (χ3v) is 7.11. The number of aliphatic imine (C=N–C) groups is 1. The summed E-state index contributed by atoms with van der Waals surface area (Å²) in [6.45, 7) is 2.66. The van der Waals surface area contributed by atoms with Crippen LogP contribution in [0.1, 0.15) is 30.9 Å². The fourth-order valence-electron chi connectivity index (χ4n) is 5.20. The van der Waals surface area contributed by atoms with Crippen LogP contribution in [0.4, 0.5) is 19.1 Å². The lowest BCUT2D eigenvalue weighted by molar-refractivity contribution is -0.146. The van der Waals surface area contributed by atoms with Crippen LogP contribution < -0.4 is 21.9 Å². The molecule has 0 radical (unpaired) electrons. The number of fused-ring (bicyclic) bond motifs is 2. The second-order valence-electron chi connectivity index (χ2n) is 9.67. The molecule has 200 valence electrons. The molecule has 1 fully saturated rings. The highest BCUT2D eigenvalue weighted by molar-refractivity contribution is 6.02. The van der Waals surface area contributed by atoms with Crippen molar-refractivity contribution in [2.75, 3.05) is 18.0 Å². The van der Waals surface area contributed by atoms with Crippen molar-refractivity contribution in [1.82, 2.24) is 18.7 Å². The molecule has 9 nitrogen and oxygen atoms in total. The smallest absolute Gasteiger partial charge is 0.341 e. The van der Waals surface area contributed by atoms with E-state index in [1.807, 2.05) is 4.90 Å². The maximum Gasteiger partial charge on any atom is 0.411 e. The Morgan fingerprint density at radius 3 is 2.66 bits per heavy atom. The standard InChI is InChI=1S/C26H28F3N7O2/c1-3-4-12-35-21-22(32-24(35)34-11-7-9-17(30)14-34)33(2)25(38)36(23(21)37)15-19-18-10-6-5-8-16(18)13-20(31-19)26(27,28)29/h5-6,8,10,17,20H,7,9,11-15,30H2,1-2H3. The molecular weight excluding hydrogens is 499 g/mol. The van der Waals surface area contributed by atoms with E-state index >= 15 is 0 Å². The molecule has 0 amide bonds. The summed E-state index contributed by atoms with van der Waals surface area (Å²) in [6.07, 6.45) is -3.12. The van der Waals surface area contributed by atoms with E-state index in [0.29, 0.717) is 30.2 Å². The summed E-state index contributed by atoms with van der Waals surface area (Å²) >= 11 is 0. The van der Waals surface area contributed by atoms with E-state index in [1.54, 1.807) is 35.8 Å². The number of piperidine rings is 1. The lowest BCUT2D eigenvalue weighted by atomic mass is 9.93. The Bertz CT molecular complexity index is 1600. The number of hydrogen-bond donors (Lipinski definition) is 1.